The summed E-state index contributed by atoms with van der Waals surface area (Å²) in [7, 11) is 4.52. The van der Waals surface area contributed by atoms with E-state index in [-0.39, 0.29) is 16.3 Å². The molecule has 4 rings (SSSR count). The lowest BCUT2D eigenvalue weighted by Crippen LogP contribution is -2.32. The molecule has 0 aromatic heterocycles. The molecule has 0 radical (unpaired) electrons. The average Bonchev–Trinajstić information content (AvgIpc) is 3.08. The van der Waals surface area contributed by atoms with E-state index >= 15 is 0 Å². The lowest BCUT2D eigenvalue weighted by Gasteiger charge is -2.19. The van der Waals surface area contributed by atoms with E-state index in [9.17, 15) is 9.59 Å². The Bertz CT molecular complexity index is 1280. The zero-order valence-electron chi connectivity index (χ0n) is 18.6. The molecule has 0 bridgehead atoms. The summed E-state index contributed by atoms with van der Waals surface area (Å²) >= 11 is 7.37. The molecule has 34 heavy (non-hydrogen) atoms. The van der Waals surface area contributed by atoms with Gasteiger partial charge in [0.2, 0.25) is 0 Å². The minimum atomic E-state index is -0.547. The highest BCUT2D eigenvalue weighted by atomic mass is 35.5. The normalized spacial score (nSPS) is 13.4. The Hall–Kier alpha value is -3.62. The first-order valence-electron chi connectivity index (χ1n) is 10.2. The van der Waals surface area contributed by atoms with Crippen LogP contribution in [0.3, 0.4) is 0 Å². The number of nitrogens with one attached hydrogen (secondary N) is 1. The monoisotopic (exact) mass is 496 g/mol. The van der Waals surface area contributed by atoms with Gasteiger partial charge in [0.25, 0.3) is 11.8 Å². The molecule has 0 spiro atoms. The summed E-state index contributed by atoms with van der Waals surface area (Å²) in [6, 6.07) is 19.2. The van der Waals surface area contributed by atoms with Crippen LogP contribution in [0.15, 0.2) is 82.2 Å². The fraction of sp³-hybridized carbons (Fsp3) is 0.120. The molecular formula is C25H21ClN2O5S. The largest absolute Gasteiger partial charge is 0.497 e. The van der Waals surface area contributed by atoms with Crippen molar-refractivity contribution in [1.29, 1.82) is 0 Å². The van der Waals surface area contributed by atoms with Gasteiger partial charge < -0.3 is 19.5 Å². The quantitative estimate of drug-likeness (QED) is 0.421. The maximum Gasteiger partial charge on any atom is 0.283 e. The van der Waals surface area contributed by atoms with E-state index in [0.29, 0.717) is 28.0 Å². The smallest absolute Gasteiger partial charge is 0.283 e. The summed E-state index contributed by atoms with van der Waals surface area (Å²) in [5.41, 5.74) is 0.835. The van der Waals surface area contributed by atoms with Gasteiger partial charge in [0.05, 0.1) is 32.7 Å². The Balaban J connectivity index is 1.82. The molecule has 1 aliphatic rings. The van der Waals surface area contributed by atoms with Gasteiger partial charge in [-0.2, -0.15) is 0 Å². The second-order valence-corrected chi connectivity index (χ2v) is 8.59. The van der Waals surface area contributed by atoms with E-state index in [0.717, 1.165) is 9.80 Å². The van der Waals surface area contributed by atoms with Gasteiger partial charge in [0, 0.05) is 16.0 Å². The van der Waals surface area contributed by atoms with Crippen molar-refractivity contribution in [1.82, 2.24) is 0 Å². The van der Waals surface area contributed by atoms with Crippen molar-refractivity contribution in [3.8, 4) is 17.2 Å². The second kappa shape index (κ2) is 10.1. The van der Waals surface area contributed by atoms with Crippen LogP contribution in [0.25, 0.3) is 0 Å². The lowest BCUT2D eigenvalue weighted by atomic mass is 10.2. The number of amides is 2. The number of anilines is 2. The standard InChI is InChI=1S/C25H21ClN2O5S/c1-31-16-10-12-20(32-2)18(14-16)27-22-23(34-17-7-5-4-6-8-17)25(30)28(24(22)29)19-13-15(26)9-11-21(19)33-3/h4-14,27H,1-3H3. The van der Waals surface area contributed by atoms with E-state index in [1.807, 2.05) is 30.3 Å². The number of ether oxygens (including phenoxy) is 3. The predicted octanol–water partition coefficient (Wildman–Crippen LogP) is 5.36. The topological polar surface area (TPSA) is 77.1 Å². The SMILES string of the molecule is COc1ccc(OC)c(NC2=C(Sc3ccccc3)C(=O)N(c3cc(Cl)ccc3OC)C2=O)c1. The van der Waals surface area contributed by atoms with Crippen LogP contribution in [-0.4, -0.2) is 33.1 Å². The van der Waals surface area contributed by atoms with Crippen molar-refractivity contribution in [2.24, 2.45) is 0 Å². The van der Waals surface area contributed by atoms with Crippen molar-refractivity contribution < 1.29 is 23.8 Å². The fourth-order valence-electron chi connectivity index (χ4n) is 3.42. The maximum absolute atomic E-state index is 13.7. The first-order valence-corrected chi connectivity index (χ1v) is 11.3. The number of rotatable bonds is 8. The number of thioether (sulfide) groups is 1. The zero-order chi connectivity index (χ0) is 24.2. The second-order valence-electron chi connectivity index (χ2n) is 7.07. The van der Waals surface area contributed by atoms with Crippen LogP contribution in [0.1, 0.15) is 0 Å². The number of carbonyl (C=O) groups excluding carboxylic acids is 2. The van der Waals surface area contributed by atoms with Gasteiger partial charge in [0.15, 0.2) is 0 Å². The number of carbonyl (C=O) groups is 2. The Labute approximate surface area is 206 Å². The highest BCUT2D eigenvalue weighted by molar-refractivity contribution is 8.04. The summed E-state index contributed by atoms with van der Waals surface area (Å²) in [5, 5.41) is 3.47. The average molecular weight is 497 g/mol. The van der Waals surface area contributed by atoms with Crippen LogP contribution in [0, 0.1) is 0 Å². The van der Waals surface area contributed by atoms with Crippen molar-refractivity contribution >= 4 is 46.6 Å². The van der Waals surface area contributed by atoms with Gasteiger partial charge in [-0.3, -0.25) is 9.59 Å². The Morgan fingerprint density at radius 3 is 2.21 bits per heavy atom. The minimum absolute atomic E-state index is 0.104. The minimum Gasteiger partial charge on any atom is -0.497 e. The first-order chi connectivity index (χ1) is 16.5. The van der Waals surface area contributed by atoms with Gasteiger partial charge in [-0.25, -0.2) is 4.90 Å². The van der Waals surface area contributed by atoms with E-state index in [1.165, 1.54) is 32.0 Å². The molecule has 1 aliphatic heterocycles. The Morgan fingerprint density at radius 1 is 0.824 bits per heavy atom. The van der Waals surface area contributed by atoms with E-state index in [4.69, 9.17) is 25.8 Å². The summed E-state index contributed by atoms with van der Waals surface area (Å²) in [6.45, 7) is 0. The molecule has 2 amide bonds. The number of methoxy groups -OCH3 is 3. The number of imide groups is 1. The molecule has 1 N–H and O–H groups in total. The van der Waals surface area contributed by atoms with Crippen molar-refractivity contribution in [2.75, 3.05) is 31.5 Å². The van der Waals surface area contributed by atoms with Gasteiger partial charge in [-0.05, 0) is 42.5 Å². The Kier molecular flexibility index (Phi) is 7.00. The molecular weight excluding hydrogens is 476 g/mol. The van der Waals surface area contributed by atoms with E-state index in [1.54, 1.807) is 37.4 Å². The fourth-order valence-corrected chi connectivity index (χ4v) is 4.54. The van der Waals surface area contributed by atoms with Gasteiger partial charge in [-0.15, -0.1) is 0 Å². The molecule has 0 aliphatic carbocycles. The molecule has 0 saturated carbocycles. The molecule has 1 heterocycles. The van der Waals surface area contributed by atoms with E-state index < -0.39 is 11.8 Å². The number of benzene rings is 3. The zero-order valence-corrected chi connectivity index (χ0v) is 20.2. The molecule has 7 nitrogen and oxygen atoms in total. The third kappa shape index (κ3) is 4.55. The third-order valence-electron chi connectivity index (χ3n) is 5.05. The van der Waals surface area contributed by atoms with Gasteiger partial charge in [0.1, 0.15) is 27.9 Å². The highest BCUT2D eigenvalue weighted by Crippen LogP contribution is 2.42. The predicted molar refractivity (Wildman–Crippen MR) is 133 cm³/mol. The maximum atomic E-state index is 13.7. The summed E-state index contributed by atoms with van der Waals surface area (Å²) in [4.78, 5) is 29.4. The molecule has 0 unspecified atom stereocenters. The van der Waals surface area contributed by atoms with Gasteiger partial charge >= 0.3 is 0 Å². The summed E-state index contributed by atoms with van der Waals surface area (Å²) in [6.07, 6.45) is 0. The summed E-state index contributed by atoms with van der Waals surface area (Å²) < 4.78 is 16.1. The molecule has 9 heteroatoms. The van der Waals surface area contributed by atoms with Gasteiger partial charge in [-0.1, -0.05) is 41.6 Å². The number of hydrogen-bond acceptors (Lipinski definition) is 7. The van der Waals surface area contributed by atoms with Crippen LogP contribution in [0.4, 0.5) is 11.4 Å². The Morgan fingerprint density at radius 2 is 1.53 bits per heavy atom. The molecule has 174 valence electrons. The van der Waals surface area contributed by atoms with Crippen LogP contribution < -0.4 is 24.4 Å². The number of hydrogen-bond donors (Lipinski definition) is 1. The third-order valence-corrected chi connectivity index (χ3v) is 6.38. The molecule has 0 saturated heterocycles. The van der Waals surface area contributed by atoms with Crippen LogP contribution in [-0.2, 0) is 9.59 Å². The van der Waals surface area contributed by atoms with E-state index in [2.05, 4.69) is 5.32 Å². The number of halogens is 1. The van der Waals surface area contributed by atoms with Crippen molar-refractivity contribution in [3.05, 3.63) is 82.4 Å². The molecule has 3 aromatic rings. The molecule has 0 fully saturated rings. The molecule has 0 atom stereocenters. The number of nitrogens with zero attached hydrogens (tertiary/aromatic N) is 1. The van der Waals surface area contributed by atoms with Crippen LogP contribution >= 0.6 is 23.4 Å². The summed E-state index contributed by atoms with van der Waals surface area (Å²) in [5.74, 6) is 0.343. The first kappa shape index (κ1) is 23.5. The lowest BCUT2D eigenvalue weighted by molar-refractivity contribution is -0.120. The highest BCUT2D eigenvalue weighted by Gasteiger charge is 2.41. The van der Waals surface area contributed by atoms with Crippen LogP contribution in [0.2, 0.25) is 5.02 Å². The molecule has 3 aromatic carbocycles. The van der Waals surface area contributed by atoms with Crippen molar-refractivity contribution in [2.45, 2.75) is 4.90 Å². The van der Waals surface area contributed by atoms with Crippen LogP contribution in [0.5, 0.6) is 17.2 Å². The van der Waals surface area contributed by atoms with Crippen molar-refractivity contribution in [3.63, 3.8) is 0 Å².